The van der Waals surface area contributed by atoms with Crippen molar-refractivity contribution in [1.82, 2.24) is 9.80 Å². The standard InChI is InChI=1S/C28H37N3O4S/c1-7-13-29(6)24(33)21-22-25(34)31(15-16-32)23(28(22)12-11-27(21,5)36-28)26(35)30(14-8-2)20-17-18(3)9-10-19(20)4/h7-10,17,21-23,32H,1-2,11-16H2,3-6H3/t21-,22-,23?,27+,28?/m0/s1. The minimum Gasteiger partial charge on any atom is -0.395 e. The zero-order valence-corrected chi connectivity index (χ0v) is 22.5. The number of likely N-dealkylation sites (tertiary alicyclic amines) is 1. The van der Waals surface area contributed by atoms with Gasteiger partial charge in [-0.1, -0.05) is 24.3 Å². The van der Waals surface area contributed by atoms with E-state index in [0.717, 1.165) is 23.2 Å². The molecule has 194 valence electrons. The number of rotatable bonds is 9. The largest absolute Gasteiger partial charge is 0.395 e. The highest BCUT2D eigenvalue weighted by Crippen LogP contribution is 2.71. The summed E-state index contributed by atoms with van der Waals surface area (Å²) >= 11 is 1.64. The van der Waals surface area contributed by atoms with Gasteiger partial charge in [-0.05, 0) is 50.8 Å². The van der Waals surface area contributed by atoms with Crippen LogP contribution >= 0.6 is 11.8 Å². The summed E-state index contributed by atoms with van der Waals surface area (Å²) in [5, 5.41) is 9.87. The van der Waals surface area contributed by atoms with E-state index in [1.807, 2.05) is 32.0 Å². The maximum atomic E-state index is 14.5. The van der Waals surface area contributed by atoms with Crippen molar-refractivity contribution in [2.45, 2.75) is 49.1 Å². The highest BCUT2D eigenvalue weighted by molar-refractivity contribution is 8.02. The van der Waals surface area contributed by atoms with Gasteiger partial charge in [0, 0.05) is 37.1 Å². The van der Waals surface area contributed by atoms with Gasteiger partial charge in [0.15, 0.2) is 0 Å². The number of amides is 3. The molecule has 3 amide bonds. The average molecular weight is 512 g/mol. The monoisotopic (exact) mass is 511 g/mol. The third kappa shape index (κ3) is 3.89. The number of β-amino-alcohol motifs (C(OH)–C–C–N with tert-alkyl or cyclic N) is 1. The van der Waals surface area contributed by atoms with Crippen LogP contribution in [0.5, 0.6) is 0 Å². The van der Waals surface area contributed by atoms with Crippen LogP contribution in [-0.2, 0) is 14.4 Å². The van der Waals surface area contributed by atoms with Crippen molar-refractivity contribution in [1.29, 1.82) is 0 Å². The lowest BCUT2D eigenvalue weighted by molar-refractivity contribution is -0.144. The van der Waals surface area contributed by atoms with E-state index in [0.29, 0.717) is 19.5 Å². The van der Waals surface area contributed by atoms with E-state index in [1.54, 1.807) is 45.7 Å². The fraction of sp³-hybridized carbons (Fsp3) is 0.536. The van der Waals surface area contributed by atoms with Crippen LogP contribution in [0, 0.1) is 25.7 Å². The summed E-state index contributed by atoms with van der Waals surface area (Å²) < 4.78 is -1.15. The zero-order chi connectivity index (χ0) is 26.4. The second-order valence-electron chi connectivity index (χ2n) is 10.5. The lowest BCUT2D eigenvalue weighted by atomic mass is 9.66. The Labute approximate surface area is 218 Å². The lowest BCUT2D eigenvalue weighted by Crippen LogP contribution is -2.55. The molecule has 7 nitrogen and oxygen atoms in total. The van der Waals surface area contributed by atoms with Crippen LogP contribution in [0.15, 0.2) is 43.5 Å². The summed E-state index contributed by atoms with van der Waals surface area (Å²) in [5.74, 6) is -1.60. The molecule has 3 aliphatic rings. The molecule has 4 rings (SSSR count). The quantitative estimate of drug-likeness (QED) is 0.516. The normalized spacial score (nSPS) is 30.3. The van der Waals surface area contributed by atoms with Gasteiger partial charge >= 0.3 is 0 Å². The highest BCUT2D eigenvalue weighted by Gasteiger charge is 2.77. The number of anilines is 1. The second-order valence-corrected chi connectivity index (χ2v) is 12.4. The van der Waals surface area contributed by atoms with Gasteiger partial charge < -0.3 is 19.8 Å². The Kier molecular flexibility index (Phi) is 7.14. The molecule has 3 fully saturated rings. The maximum absolute atomic E-state index is 14.5. The van der Waals surface area contributed by atoms with E-state index in [9.17, 15) is 19.5 Å². The minimum atomic E-state index is -0.767. The Morgan fingerprint density at radius 2 is 1.89 bits per heavy atom. The van der Waals surface area contributed by atoms with Crippen molar-refractivity contribution in [3.63, 3.8) is 0 Å². The van der Waals surface area contributed by atoms with Crippen molar-refractivity contribution in [2.75, 3.05) is 38.2 Å². The van der Waals surface area contributed by atoms with Gasteiger partial charge in [-0.2, -0.15) is 0 Å². The predicted molar refractivity (Wildman–Crippen MR) is 144 cm³/mol. The Morgan fingerprint density at radius 1 is 1.19 bits per heavy atom. The molecule has 0 aliphatic carbocycles. The van der Waals surface area contributed by atoms with Crippen molar-refractivity contribution in [2.24, 2.45) is 11.8 Å². The fourth-order valence-electron chi connectivity index (χ4n) is 6.54. The molecule has 1 aromatic carbocycles. The molecule has 3 saturated heterocycles. The molecule has 3 heterocycles. The van der Waals surface area contributed by atoms with Crippen LogP contribution in [0.25, 0.3) is 0 Å². The van der Waals surface area contributed by atoms with Gasteiger partial charge in [0.1, 0.15) is 6.04 Å². The summed E-state index contributed by atoms with van der Waals surface area (Å²) in [5.41, 5.74) is 2.78. The fourth-order valence-corrected chi connectivity index (χ4v) is 8.89. The number of thioether (sulfide) groups is 1. The number of nitrogens with zero attached hydrogens (tertiary/aromatic N) is 3. The minimum absolute atomic E-state index is 0.0584. The smallest absolute Gasteiger partial charge is 0.251 e. The van der Waals surface area contributed by atoms with Crippen LogP contribution in [-0.4, -0.2) is 81.5 Å². The van der Waals surface area contributed by atoms with Crippen LogP contribution in [0.1, 0.15) is 30.9 Å². The van der Waals surface area contributed by atoms with E-state index in [1.165, 1.54) is 0 Å². The van der Waals surface area contributed by atoms with E-state index < -0.39 is 27.4 Å². The molecule has 0 aromatic heterocycles. The first-order valence-corrected chi connectivity index (χ1v) is 13.3. The third-order valence-electron chi connectivity index (χ3n) is 8.13. The van der Waals surface area contributed by atoms with Crippen molar-refractivity contribution in [3.8, 4) is 0 Å². The number of fused-ring (bicyclic) bond motifs is 1. The van der Waals surface area contributed by atoms with Crippen molar-refractivity contribution < 1.29 is 19.5 Å². The zero-order valence-electron chi connectivity index (χ0n) is 21.7. The van der Waals surface area contributed by atoms with Crippen LogP contribution in [0.3, 0.4) is 0 Å². The topological polar surface area (TPSA) is 81.2 Å². The Bertz CT molecular complexity index is 1110. The van der Waals surface area contributed by atoms with Crippen LogP contribution in [0.2, 0.25) is 0 Å². The van der Waals surface area contributed by atoms with Crippen molar-refractivity contribution >= 4 is 35.2 Å². The third-order valence-corrected chi connectivity index (χ3v) is 10.1. The summed E-state index contributed by atoms with van der Waals surface area (Å²) in [7, 11) is 1.73. The lowest BCUT2D eigenvalue weighted by Gasteiger charge is -2.38. The molecule has 3 aliphatic heterocycles. The van der Waals surface area contributed by atoms with Gasteiger partial charge in [-0.3, -0.25) is 14.4 Å². The number of aliphatic hydroxyl groups excluding tert-OH is 1. The second kappa shape index (κ2) is 9.71. The molecule has 36 heavy (non-hydrogen) atoms. The van der Waals surface area contributed by atoms with E-state index in [-0.39, 0.29) is 30.9 Å². The van der Waals surface area contributed by atoms with Gasteiger partial charge in [0.05, 0.1) is 23.2 Å². The number of aryl methyl sites for hydroxylation is 2. The number of carbonyl (C=O) groups excluding carboxylic acids is 3. The molecule has 1 spiro atoms. The Balaban J connectivity index is 1.81. The number of aliphatic hydroxyl groups is 1. The van der Waals surface area contributed by atoms with Gasteiger partial charge in [-0.25, -0.2) is 0 Å². The average Bonchev–Trinajstić information content (AvgIpc) is 3.40. The molecule has 2 bridgehead atoms. The Hall–Kier alpha value is -2.58. The van der Waals surface area contributed by atoms with Crippen LogP contribution < -0.4 is 4.90 Å². The summed E-state index contributed by atoms with van der Waals surface area (Å²) in [6.07, 6.45) is 4.79. The van der Waals surface area contributed by atoms with Crippen LogP contribution in [0.4, 0.5) is 5.69 Å². The molecule has 2 unspecified atom stereocenters. The molecule has 0 saturated carbocycles. The molecule has 1 N–H and O–H groups in total. The summed E-state index contributed by atoms with van der Waals surface area (Å²) in [6.45, 7) is 14.1. The van der Waals surface area contributed by atoms with Gasteiger partial charge in [-0.15, -0.1) is 24.9 Å². The first-order chi connectivity index (χ1) is 17.1. The number of hydrogen-bond donors (Lipinski definition) is 1. The highest BCUT2D eigenvalue weighted by atomic mass is 32.2. The molecule has 5 atom stereocenters. The molecular formula is C28H37N3O4S. The first kappa shape index (κ1) is 26.5. The maximum Gasteiger partial charge on any atom is 0.251 e. The summed E-state index contributed by atoms with van der Waals surface area (Å²) in [4.78, 5) is 46.9. The van der Waals surface area contributed by atoms with Gasteiger partial charge in [0.2, 0.25) is 11.8 Å². The molecular weight excluding hydrogens is 474 g/mol. The van der Waals surface area contributed by atoms with E-state index >= 15 is 0 Å². The molecule has 0 radical (unpaired) electrons. The SMILES string of the molecule is C=CCN(C)C(=O)[C@@H]1[C@H]2C(=O)N(CCO)C(C(=O)N(CC=C)c3cc(C)ccc3C)C23CC[C@@]1(C)S3. The predicted octanol–water partition coefficient (Wildman–Crippen LogP) is 2.94. The number of carbonyl (C=O) groups is 3. The number of likely N-dealkylation sites (N-methyl/N-ethyl adjacent to an activating group) is 1. The number of benzene rings is 1. The number of hydrogen-bond acceptors (Lipinski definition) is 5. The first-order valence-electron chi connectivity index (χ1n) is 12.5. The van der Waals surface area contributed by atoms with E-state index in [2.05, 4.69) is 20.1 Å². The molecule has 8 heteroatoms. The summed E-state index contributed by atoms with van der Waals surface area (Å²) in [6, 6.07) is 5.21. The van der Waals surface area contributed by atoms with Crippen molar-refractivity contribution in [3.05, 3.63) is 54.6 Å². The Morgan fingerprint density at radius 3 is 2.53 bits per heavy atom. The van der Waals surface area contributed by atoms with E-state index in [4.69, 9.17) is 0 Å². The molecule has 1 aromatic rings. The van der Waals surface area contributed by atoms with Gasteiger partial charge in [0.25, 0.3) is 5.91 Å².